The van der Waals surface area contributed by atoms with Crippen LogP contribution in [0.2, 0.25) is 0 Å². The summed E-state index contributed by atoms with van der Waals surface area (Å²) >= 11 is 0. The largest absolute Gasteiger partial charge is 0.354 e. The molecule has 3 aromatic carbocycles. The van der Waals surface area contributed by atoms with Crippen LogP contribution in [0.4, 0.5) is 10.1 Å². The standard InChI is InChI=1S/C32H40FN3O4S/c1-23(2)20-34-32(38)30(19-25-13-7-6-8-14-25)35(21-26-15-9-11-17-28(26)33)31(37)22-36(41(5,39)40)29-18-12-10-16-27(29)24(3)4/h6-18,23-24,30H,19-22H2,1-5H3,(H,34,38)/t30-/m1/s1. The predicted molar refractivity (Wildman–Crippen MR) is 161 cm³/mol. The summed E-state index contributed by atoms with van der Waals surface area (Å²) in [7, 11) is -3.90. The van der Waals surface area contributed by atoms with Gasteiger partial charge in [-0.25, -0.2) is 12.8 Å². The summed E-state index contributed by atoms with van der Waals surface area (Å²) < 4.78 is 42.1. The molecule has 220 valence electrons. The predicted octanol–water partition coefficient (Wildman–Crippen LogP) is 5.13. The number of carbonyl (C=O) groups excluding carboxylic acids is 2. The monoisotopic (exact) mass is 581 g/mol. The SMILES string of the molecule is CC(C)CNC(=O)[C@@H](Cc1ccccc1)N(Cc1ccccc1F)C(=O)CN(c1ccccc1C(C)C)S(C)(=O)=O. The molecule has 1 N–H and O–H groups in total. The van der Waals surface area contributed by atoms with Crippen LogP contribution in [-0.4, -0.2) is 50.5 Å². The van der Waals surface area contributed by atoms with Crippen molar-refractivity contribution in [2.45, 2.75) is 52.6 Å². The lowest BCUT2D eigenvalue weighted by atomic mass is 10.0. The molecule has 1 atom stereocenters. The molecule has 0 bridgehead atoms. The number of hydrogen-bond acceptors (Lipinski definition) is 4. The zero-order valence-electron chi connectivity index (χ0n) is 24.4. The Morgan fingerprint density at radius 1 is 0.878 bits per heavy atom. The maximum absolute atomic E-state index is 14.9. The molecule has 0 saturated carbocycles. The summed E-state index contributed by atoms with van der Waals surface area (Å²) in [6.07, 6.45) is 1.22. The number of rotatable bonds is 13. The van der Waals surface area contributed by atoms with Crippen molar-refractivity contribution in [1.82, 2.24) is 10.2 Å². The number of carbonyl (C=O) groups is 2. The highest BCUT2D eigenvalue weighted by molar-refractivity contribution is 7.92. The maximum atomic E-state index is 14.9. The van der Waals surface area contributed by atoms with E-state index in [1.54, 1.807) is 30.3 Å². The molecule has 0 spiro atoms. The maximum Gasteiger partial charge on any atom is 0.244 e. The van der Waals surface area contributed by atoms with Gasteiger partial charge in [-0.15, -0.1) is 0 Å². The van der Waals surface area contributed by atoms with Gasteiger partial charge >= 0.3 is 0 Å². The molecule has 0 radical (unpaired) electrons. The topological polar surface area (TPSA) is 86.8 Å². The summed E-state index contributed by atoms with van der Waals surface area (Å²) in [6.45, 7) is 7.46. The molecule has 0 saturated heterocycles. The fourth-order valence-electron chi connectivity index (χ4n) is 4.58. The Morgan fingerprint density at radius 3 is 2.10 bits per heavy atom. The Bertz CT molecular complexity index is 1430. The highest BCUT2D eigenvalue weighted by Crippen LogP contribution is 2.29. The minimum atomic E-state index is -3.90. The number of nitrogens with one attached hydrogen (secondary N) is 1. The Labute approximate surface area is 243 Å². The number of hydrogen-bond donors (Lipinski definition) is 1. The highest BCUT2D eigenvalue weighted by Gasteiger charge is 2.34. The van der Waals surface area contributed by atoms with Crippen LogP contribution in [0.1, 0.15) is 50.3 Å². The van der Waals surface area contributed by atoms with Crippen LogP contribution < -0.4 is 9.62 Å². The first-order chi connectivity index (χ1) is 19.4. The van der Waals surface area contributed by atoms with Crippen LogP contribution >= 0.6 is 0 Å². The average Bonchev–Trinajstić information content (AvgIpc) is 2.93. The van der Waals surface area contributed by atoms with Gasteiger partial charge in [0.15, 0.2) is 0 Å². The summed E-state index contributed by atoms with van der Waals surface area (Å²) in [5.74, 6) is -1.36. The molecule has 41 heavy (non-hydrogen) atoms. The first-order valence-corrected chi connectivity index (χ1v) is 15.6. The molecule has 7 nitrogen and oxygen atoms in total. The molecule has 0 aliphatic carbocycles. The zero-order chi connectivity index (χ0) is 30.2. The van der Waals surface area contributed by atoms with Crippen LogP contribution in [0.25, 0.3) is 0 Å². The molecule has 9 heteroatoms. The van der Waals surface area contributed by atoms with Crippen LogP contribution in [0.5, 0.6) is 0 Å². The van der Waals surface area contributed by atoms with Gasteiger partial charge in [-0.2, -0.15) is 0 Å². The number of para-hydroxylation sites is 1. The van der Waals surface area contributed by atoms with Gasteiger partial charge in [-0.05, 0) is 35.1 Å². The van der Waals surface area contributed by atoms with Gasteiger partial charge in [0.2, 0.25) is 21.8 Å². The van der Waals surface area contributed by atoms with Crippen LogP contribution in [-0.2, 0) is 32.6 Å². The fraction of sp³-hybridized carbons (Fsp3) is 0.375. The Kier molecular flexibility index (Phi) is 11.1. The van der Waals surface area contributed by atoms with Gasteiger partial charge in [0, 0.05) is 25.1 Å². The van der Waals surface area contributed by atoms with E-state index in [-0.39, 0.29) is 36.3 Å². The second kappa shape index (κ2) is 14.3. The quantitative estimate of drug-likeness (QED) is 0.303. The van der Waals surface area contributed by atoms with Crippen molar-refractivity contribution in [2.24, 2.45) is 5.92 Å². The summed E-state index contributed by atoms with van der Waals surface area (Å²) in [5.41, 5.74) is 2.20. The lowest BCUT2D eigenvalue weighted by Gasteiger charge is -2.34. The van der Waals surface area contributed by atoms with E-state index in [2.05, 4.69) is 5.32 Å². The Hall–Kier alpha value is -3.72. The Morgan fingerprint density at radius 2 is 1.49 bits per heavy atom. The minimum absolute atomic E-state index is 0.00675. The van der Waals surface area contributed by atoms with Gasteiger partial charge < -0.3 is 10.2 Å². The van der Waals surface area contributed by atoms with Crippen molar-refractivity contribution in [3.8, 4) is 0 Å². The molecule has 0 aliphatic heterocycles. The number of halogens is 1. The molecule has 3 rings (SSSR count). The molecule has 0 aliphatic rings. The van der Waals surface area contributed by atoms with Gasteiger partial charge in [0.1, 0.15) is 18.4 Å². The molecule has 0 fully saturated rings. The Balaban J connectivity index is 2.10. The lowest BCUT2D eigenvalue weighted by Crippen LogP contribution is -2.53. The first-order valence-electron chi connectivity index (χ1n) is 13.8. The van der Waals surface area contributed by atoms with Crippen LogP contribution in [0, 0.1) is 11.7 Å². The van der Waals surface area contributed by atoms with E-state index < -0.39 is 34.3 Å². The molecular formula is C32H40FN3O4S. The average molecular weight is 582 g/mol. The van der Waals surface area contributed by atoms with E-state index in [4.69, 9.17) is 0 Å². The van der Waals surface area contributed by atoms with Gasteiger partial charge in [0.05, 0.1) is 11.9 Å². The van der Waals surface area contributed by atoms with Crippen molar-refractivity contribution in [1.29, 1.82) is 0 Å². The van der Waals surface area contributed by atoms with E-state index in [1.165, 1.54) is 11.0 Å². The fourth-order valence-corrected chi connectivity index (χ4v) is 5.45. The van der Waals surface area contributed by atoms with E-state index in [0.29, 0.717) is 12.2 Å². The van der Waals surface area contributed by atoms with Crippen molar-refractivity contribution in [3.63, 3.8) is 0 Å². The normalized spacial score (nSPS) is 12.3. The van der Waals surface area contributed by atoms with Gasteiger partial charge in [-0.1, -0.05) is 94.4 Å². The first kappa shape index (κ1) is 31.8. The number of sulfonamides is 1. The van der Waals surface area contributed by atoms with Crippen molar-refractivity contribution < 1.29 is 22.4 Å². The van der Waals surface area contributed by atoms with E-state index in [1.807, 2.05) is 70.2 Å². The smallest absolute Gasteiger partial charge is 0.244 e. The third-order valence-electron chi connectivity index (χ3n) is 6.76. The minimum Gasteiger partial charge on any atom is -0.354 e. The second-order valence-corrected chi connectivity index (χ2v) is 12.8. The van der Waals surface area contributed by atoms with Crippen LogP contribution in [0.15, 0.2) is 78.9 Å². The number of nitrogens with zero attached hydrogens (tertiary/aromatic N) is 2. The lowest BCUT2D eigenvalue weighted by molar-refractivity contribution is -0.140. The number of benzene rings is 3. The zero-order valence-corrected chi connectivity index (χ0v) is 25.2. The molecular weight excluding hydrogens is 541 g/mol. The molecule has 2 amide bonds. The number of anilines is 1. The third-order valence-corrected chi connectivity index (χ3v) is 7.89. The number of amides is 2. The van der Waals surface area contributed by atoms with Crippen LogP contribution in [0.3, 0.4) is 0 Å². The molecule has 0 heterocycles. The summed E-state index contributed by atoms with van der Waals surface area (Å²) in [5, 5.41) is 2.92. The molecule has 0 unspecified atom stereocenters. The highest BCUT2D eigenvalue weighted by atomic mass is 32.2. The molecule has 3 aromatic rings. The van der Waals surface area contributed by atoms with Crippen molar-refractivity contribution >= 4 is 27.5 Å². The van der Waals surface area contributed by atoms with Crippen molar-refractivity contribution in [3.05, 3.63) is 101 Å². The second-order valence-electron chi connectivity index (χ2n) is 10.9. The third kappa shape index (κ3) is 8.88. The van der Waals surface area contributed by atoms with E-state index in [9.17, 15) is 22.4 Å². The van der Waals surface area contributed by atoms with Gasteiger partial charge in [0.25, 0.3) is 0 Å². The van der Waals surface area contributed by atoms with Crippen molar-refractivity contribution in [2.75, 3.05) is 23.7 Å². The summed E-state index contributed by atoms with van der Waals surface area (Å²) in [6, 6.07) is 21.4. The van der Waals surface area contributed by atoms with E-state index >= 15 is 0 Å². The van der Waals surface area contributed by atoms with E-state index in [0.717, 1.165) is 21.7 Å². The van der Waals surface area contributed by atoms with Gasteiger partial charge in [-0.3, -0.25) is 13.9 Å². The molecule has 0 aromatic heterocycles. The summed E-state index contributed by atoms with van der Waals surface area (Å²) in [4.78, 5) is 29.1.